The molecule has 0 aromatic carbocycles. The molecule has 0 unspecified atom stereocenters. The molecule has 26 heavy (non-hydrogen) atoms. The Morgan fingerprint density at radius 1 is 1.15 bits per heavy atom. The van der Waals surface area contributed by atoms with E-state index in [1.807, 2.05) is 6.92 Å². The van der Waals surface area contributed by atoms with Crippen LogP contribution in [-0.4, -0.2) is 29.8 Å². The van der Waals surface area contributed by atoms with Gasteiger partial charge in [-0.05, 0) is 30.1 Å². The van der Waals surface area contributed by atoms with E-state index in [-0.39, 0.29) is 28.6 Å². The number of ether oxygens (including phenoxy) is 1. The molecular weight excluding hydrogens is 332 g/mol. The second-order valence-corrected chi connectivity index (χ2v) is 9.10. The summed E-state index contributed by atoms with van der Waals surface area (Å²) in [6.07, 6.45) is 2.55. The van der Waals surface area contributed by atoms with Crippen LogP contribution >= 0.6 is 0 Å². The average Bonchev–Trinajstić information content (AvgIpc) is 2.82. The largest absolute Gasteiger partial charge is 0.507 e. The predicted octanol–water partition coefficient (Wildman–Crippen LogP) is 3.54. The van der Waals surface area contributed by atoms with Crippen molar-refractivity contribution in [3.05, 3.63) is 22.5 Å². The fraction of sp³-hybridized carbons (Fsp3) is 0.667. The summed E-state index contributed by atoms with van der Waals surface area (Å²) >= 11 is 0. The van der Waals surface area contributed by atoms with Crippen molar-refractivity contribution in [1.29, 1.82) is 0 Å². The van der Waals surface area contributed by atoms with Gasteiger partial charge in [0.15, 0.2) is 0 Å². The van der Waals surface area contributed by atoms with Crippen LogP contribution in [0, 0.1) is 28.6 Å². The first-order chi connectivity index (χ1) is 12.0. The van der Waals surface area contributed by atoms with Crippen LogP contribution in [0.2, 0.25) is 0 Å². The Balaban J connectivity index is 2.34. The minimum atomic E-state index is -0.721. The van der Waals surface area contributed by atoms with Crippen LogP contribution in [0.15, 0.2) is 22.5 Å². The molecule has 0 aliphatic heterocycles. The standard InChI is InChI=1S/C21H28O5/c1-10(2)11-15(22)12-13(19(25)26-6)18-20(3,4)8-7-9-21(18,5)14(12)17(24)16(11)23/h10,13,18,22H,7-9H2,1-6H3/t13-,18-,21+/m0/s1. The lowest BCUT2D eigenvalue weighted by Crippen LogP contribution is -2.46. The molecule has 5 heteroatoms. The van der Waals surface area contributed by atoms with Gasteiger partial charge in [0.25, 0.3) is 0 Å². The van der Waals surface area contributed by atoms with Crippen molar-refractivity contribution in [2.24, 2.45) is 28.6 Å². The van der Waals surface area contributed by atoms with Crippen molar-refractivity contribution in [2.75, 3.05) is 7.11 Å². The summed E-state index contributed by atoms with van der Waals surface area (Å²) in [7, 11) is 1.33. The topological polar surface area (TPSA) is 80.7 Å². The molecule has 0 saturated heterocycles. The fourth-order valence-corrected chi connectivity index (χ4v) is 5.87. The SMILES string of the molecule is COC(=O)[C@H]1C2=C(C(=O)C(=O)C(C(C)C)=C2O)[C@@]2(C)CCCC(C)(C)[C@H]12. The number of ketones is 2. The normalized spacial score (nSPS) is 33.5. The van der Waals surface area contributed by atoms with Crippen LogP contribution < -0.4 is 0 Å². The van der Waals surface area contributed by atoms with Gasteiger partial charge < -0.3 is 9.84 Å². The molecule has 3 rings (SSSR count). The van der Waals surface area contributed by atoms with Crippen LogP contribution in [0.4, 0.5) is 0 Å². The van der Waals surface area contributed by atoms with E-state index < -0.39 is 28.9 Å². The van der Waals surface area contributed by atoms with Crippen molar-refractivity contribution in [3.8, 4) is 0 Å². The number of allylic oxidation sites excluding steroid dienone is 3. The number of rotatable bonds is 2. The van der Waals surface area contributed by atoms with Gasteiger partial charge in [-0.1, -0.05) is 41.0 Å². The number of carbonyl (C=O) groups is 3. The molecule has 0 radical (unpaired) electrons. The lowest BCUT2D eigenvalue weighted by Gasteiger charge is -2.49. The minimum Gasteiger partial charge on any atom is -0.507 e. The summed E-state index contributed by atoms with van der Waals surface area (Å²) in [5.41, 5.74) is -0.0304. The summed E-state index contributed by atoms with van der Waals surface area (Å²) in [6, 6.07) is 0. The third kappa shape index (κ3) is 2.25. The molecule has 0 heterocycles. The van der Waals surface area contributed by atoms with Gasteiger partial charge in [-0.3, -0.25) is 14.4 Å². The molecule has 0 aromatic rings. The Hall–Kier alpha value is -1.91. The number of aliphatic hydroxyl groups is 1. The molecule has 3 atom stereocenters. The number of Topliss-reactive ketones (excluding diaryl/α,β-unsaturated/α-hetero) is 2. The molecule has 3 aliphatic rings. The molecule has 0 amide bonds. The second-order valence-electron chi connectivity index (χ2n) is 9.10. The molecule has 3 aliphatic carbocycles. The molecule has 0 aromatic heterocycles. The van der Waals surface area contributed by atoms with E-state index in [1.54, 1.807) is 13.8 Å². The predicted molar refractivity (Wildman–Crippen MR) is 96.3 cm³/mol. The highest BCUT2D eigenvalue weighted by atomic mass is 16.5. The number of esters is 1. The van der Waals surface area contributed by atoms with Gasteiger partial charge in [0, 0.05) is 22.1 Å². The Morgan fingerprint density at radius 2 is 1.77 bits per heavy atom. The van der Waals surface area contributed by atoms with Crippen molar-refractivity contribution < 1.29 is 24.2 Å². The van der Waals surface area contributed by atoms with Crippen molar-refractivity contribution in [1.82, 2.24) is 0 Å². The summed E-state index contributed by atoms with van der Waals surface area (Å²) in [6.45, 7) is 9.70. The molecule has 0 spiro atoms. The van der Waals surface area contributed by atoms with Crippen LogP contribution in [0.3, 0.4) is 0 Å². The Bertz CT molecular complexity index is 767. The quantitative estimate of drug-likeness (QED) is 0.463. The maximum absolute atomic E-state index is 13.1. The summed E-state index contributed by atoms with van der Waals surface area (Å²) in [4.78, 5) is 38.6. The molecule has 0 bridgehead atoms. The smallest absolute Gasteiger partial charge is 0.313 e. The van der Waals surface area contributed by atoms with Crippen LogP contribution in [0.25, 0.3) is 0 Å². The molecule has 1 saturated carbocycles. The van der Waals surface area contributed by atoms with E-state index in [0.29, 0.717) is 11.1 Å². The van der Waals surface area contributed by atoms with Crippen LogP contribution in [0.1, 0.15) is 53.9 Å². The molecular formula is C21H28O5. The van der Waals surface area contributed by atoms with Crippen LogP contribution in [-0.2, 0) is 19.1 Å². The lowest BCUT2D eigenvalue weighted by atomic mass is 9.54. The van der Waals surface area contributed by atoms with E-state index in [2.05, 4.69) is 13.8 Å². The number of methoxy groups -OCH3 is 1. The zero-order valence-corrected chi connectivity index (χ0v) is 16.4. The van der Waals surface area contributed by atoms with E-state index in [1.165, 1.54) is 7.11 Å². The second kappa shape index (κ2) is 5.80. The third-order valence-electron chi connectivity index (χ3n) is 6.75. The van der Waals surface area contributed by atoms with Gasteiger partial charge in [-0.2, -0.15) is 0 Å². The van der Waals surface area contributed by atoms with Gasteiger partial charge in [0.2, 0.25) is 11.6 Å². The van der Waals surface area contributed by atoms with Gasteiger partial charge in [-0.15, -0.1) is 0 Å². The number of aliphatic hydroxyl groups excluding tert-OH is 1. The third-order valence-corrected chi connectivity index (χ3v) is 6.75. The zero-order chi connectivity index (χ0) is 19.6. The minimum absolute atomic E-state index is 0.114. The average molecular weight is 360 g/mol. The number of hydrogen-bond donors (Lipinski definition) is 1. The zero-order valence-electron chi connectivity index (χ0n) is 16.4. The maximum Gasteiger partial charge on any atom is 0.313 e. The Morgan fingerprint density at radius 3 is 2.31 bits per heavy atom. The highest BCUT2D eigenvalue weighted by Gasteiger charge is 2.64. The van der Waals surface area contributed by atoms with Crippen LogP contribution in [0.5, 0.6) is 0 Å². The highest BCUT2D eigenvalue weighted by Crippen LogP contribution is 2.65. The van der Waals surface area contributed by atoms with Gasteiger partial charge in [0.05, 0.1) is 13.0 Å². The van der Waals surface area contributed by atoms with E-state index in [9.17, 15) is 19.5 Å². The van der Waals surface area contributed by atoms with E-state index in [4.69, 9.17) is 4.74 Å². The molecule has 142 valence electrons. The van der Waals surface area contributed by atoms with Crippen molar-refractivity contribution >= 4 is 17.5 Å². The first-order valence-corrected chi connectivity index (χ1v) is 9.34. The van der Waals surface area contributed by atoms with Gasteiger partial charge in [0.1, 0.15) is 5.76 Å². The lowest BCUT2D eigenvalue weighted by molar-refractivity contribution is -0.150. The fourth-order valence-electron chi connectivity index (χ4n) is 5.87. The number of hydrogen-bond acceptors (Lipinski definition) is 5. The first kappa shape index (κ1) is 18.9. The molecule has 1 fully saturated rings. The molecule has 5 nitrogen and oxygen atoms in total. The van der Waals surface area contributed by atoms with Crippen molar-refractivity contribution in [3.63, 3.8) is 0 Å². The monoisotopic (exact) mass is 360 g/mol. The Kier molecular flexibility index (Phi) is 4.21. The summed E-state index contributed by atoms with van der Waals surface area (Å²) in [5, 5.41) is 11.0. The summed E-state index contributed by atoms with van der Waals surface area (Å²) in [5.74, 6) is -3.03. The summed E-state index contributed by atoms with van der Waals surface area (Å²) < 4.78 is 5.07. The van der Waals surface area contributed by atoms with Gasteiger partial charge in [-0.25, -0.2) is 0 Å². The number of carbonyl (C=O) groups excluding carboxylic acids is 3. The first-order valence-electron chi connectivity index (χ1n) is 9.34. The van der Waals surface area contributed by atoms with E-state index >= 15 is 0 Å². The Labute approximate surface area is 154 Å². The number of fused-ring (bicyclic) bond motifs is 2. The van der Waals surface area contributed by atoms with Gasteiger partial charge >= 0.3 is 5.97 Å². The van der Waals surface area contributed by atoms with E-state index in [0.717, 1.165) is 19.3 Å². The maximum atomic E-state index is 13.1. The van der Waals surface area contributed by atoms with Crippen molar-refractivity contribution in [2.45, 2.75) is 53.9 Å². The highest BCUT2D eigenvalue weighted by molar-refractivity contribution is 6.51. The molecule has 1 N–H and O–H groups in total.